The summed E-state index contributed by atoms with van der Waals surface area (Å²) in [5.74, 6) is -0.705. The number of nitrogens with one attached hydrogen (secondary N) is 1. The van der Waals surface area contributed by atoms with Crippen molar-refractivity contribution in [3.63, 3.8) is 0 Å². The lowest BCUT2D eigenvalue weighted by Gasteiger charge is -2.32. The van der Waals surface area contributed by atoms with Crippen molar-refractivity contribution < 1.29 is 22.8 Å². The third-order valence-corrected chi connectivity index (χ3v) is 5.49. The molecule has 0 saturated carbocycles. The Morgan fingerprint density at radius 1 is 1.19 bits per heavy atom. The third-order valence-electron chi connectivity index (χ3n) is 3.73. The van der Waals surface area contributed by atoms with Gasteiger partial charge in [-0.25, -0.2) is 8.42 Å². The van der Waals surface area contributed by atoms with Crippen LogP contribution in [0.4, 0.5) is 0 Å². The van der Waals surface area contributed by atoms with Crippen molar-refractivity contribution in [2.45, 2.75) is 18.9 Å². The number of nitrogens with zero attached hydrogens (tertiary/aromatic N) is 2. The second kappa shape index (κ2) is 6.42. The minimum atomic E-state index is -3.05. The molecule has 21 heavy (non-hydrogen) atoms. The first kappa shape index (κ1) is 15.7. The Morgan fingerprint density at radius 3 is 2.38 bits per heavy atom. The maximum Gasteiger partial charge on any atom is 0.232 e. The van der Waals surface area contributed by atoms with E-state index in [9.17, 15) is 22.8 Å². The highest BCUT2D eigenvalue weighted by atomic mass is 32.2. The molecule has 0 aromatic rings. The summed E-state index contributed by atoms with van der Waals surface area (Å²) >= 11 is 0. The highest BCUT2D eigenvalue weighted by Crippen LogP contribution is 2.11. The second-order valence-electron chi connectivity index (χ2n) is 5.37. The molecule has 2 aliphatic rings. The Balaban J connectivity index is 1.75. The van der Waals surface area contributed by atoms with E-state index in [2.05, 4.69) is 5.32 Å². The van der Waals surface area contributed by atoms with Gasteiger partial charge in [0.1, 0.15) is 6.42 Å². The number of sulfone groups is 1. The molecule has 2 rings (SSSR count). The monoisotopic (exact) mass is 317 g/mol. The van der Waals surface area contributed by atoms with Crippen LogP contribution in [0.1, 0.15) is 12.8 Å². The summed E-state index contributed by atoms with van der Waals surface area (Å²) in [5, 5.41) is 2.59. The molecule has 2 fully saturated rings. The smallest absolute Gasteiger partial charge is 0.232 e. The van der Waals surface area contributed by atoms with E-state index in [0.717, 1.165) is 6.41 Å². The van der Waals surface area contributed by atoms with Crippen LogP contribution in [0.3, 0.4) is 0 Å². The van der Waals surface area contributed by atoms with Gasteiger partial charge in [-0.2, -0.15) is 0 Å². The van der Waals surface area contributed by atoms with Gasteiger partial charge in [-0.3, -0.25) is 14.4 Å². The van der Waals surface area contributed by atoms with Crippen molar-refractivity contribution in [2.24, 2.45) is 0 Å². The van der Waals surface area contributed by atoms with Gasteiger partial charge in [0, 0.05) is 32.2 Å². The van der Waals surface area contributed by atoms with Gasteiger partial charge in [0.05, 0.1) is 11.5 Å². The number of carbonyl (C=O) groups excluding carboxylic acids is 3. The predicted molar refractivity (Wildman–Crippen MR) is 74.0 cm³/mol. The zero-order valence-electron chi connectivity index (χ0n) is 11.7. The van der Waals surface area contributed by atoms with Gasteiger partial charge in [0.25, 0.3) is 0 Å². The minimum absolute atomic E-state index is 0.0507. The van der Waals surface area contributed by atoms with Crippen LogP contribution in [0.5, 0.6) is 0 Å². The van der Waals surface area contributed by atoms with Gasteiger partial charge in [-0.15, -0.1) is 0 Å². The maximum atomic E-state index is 11.9. The summed E-state index contributed by atoms with van der Waals surface area (Å²) in [4.78, 5) is 37.4. The number of piperazine rings is 1. The quantitative estimate of drug-likeness (QED) is 0.476. The van der Waals surface area contributed by atoms with Crippen molar-refractivity contribution >= 4 is 28.1 Å². The van der Waals surface area contributed by atoms with Crippen molar-refractivity contribution in [2.75, 3.05) is 37.7 Å². The average Bonchev–Trinajstić information content (AvgIpc) is 2.77. The summed E-state index contributed by atoms with van der Waals surface area (Å²) in [6, 6.07) is -0.387. The lowest BCUT2D eigenvalue weighted by molar-refractivity contribution is -0.139. The Morgan fingerprint density at radius 2 is 1.86 bits per heavy atom. The first-order valence-electron chi connectivity index (χ1n) is 6.86. The fourth-order valence-corrected chi connectivity index (χ4v) is 4.19. The highest BCUT2D eigenvalue weighted by Gasteiger charge is 2.30. The molecule has 0 bridgehead atoms. The molecule has 2 aliphatic heterocycles. The Bertz CT molecular complexity index is 525. The molecule has 0 radical (unpaired) electrons. The van der Waals surface area contributed by atoms with Crippen LogP contribution in [-0.4, -0.2) is 80.2 Å². The normalized spacial score (nSPS) is 24.7. The first-order chi connectivity index (χ1) is 9.89. The van der Waals surface area contributed by atoms with Crippen molar-refractivity contribution in [3.05, 3.63) is 0 Å². The fraction of sp³-hybridized carbons (Fsp3) is 0.750. The van der Waals surface area contributed by atoms with E-state index in [1.54, 1.807) is 9.80 Å². The van der Waals surface area contributed by atoms with E-state index in [0.29, 0.717) is 32.6 Å². The largest absolute Gasteiger partial charge is 0.352 e. The molecule has 0 aromatic carbocycles. The number of hydrogen-bond acceptors (Lipinski definition) is 5. The lowest BCUT2D eigenvalue weighted by Crippen LogP contribution is -2.49. The Hall–Kier alpha value is -1.64. The zero-order chi connectivity index (χ0) is 15.5. The third kappa shape index (κ3) is 4.42. The maximum absolute atomic E-state index is 11.9. The molecule has 8 nitrogen and oxygen atoms in total. The molecule has 2 heterocycles. The Labute approximate surface area is 123 Å². The average molecular weight is 317 g/mol. The second-order valence-corrected chi connectivity index (χ2v) is 7.60. The molecular formula is C12H19N3O5S. The van der Waals surface area contributed by atoms with Gasteiger partial charge in [-0.1, -0.05) is 0 Å². The van der Waals surface area contributed by atoms with Gasteiger partial charge < -0.3 is 15.1 Å². The topological polar surface area (TPSA) is 104 Å². The van der Waals surface area contributed by atoms with Crippen LogP contribution in [0, 0.1) is 0 Å². The fourth-order valence-electron chi connectivity index (χ4n) is 2.51. The summed E-state index contributed by atoms with van der Waals surface area (Å²) < 4.78 is 22.6. The van der Waals surface area contributed by atoms with Crippen molar-refractivity contribution in [1.82, 2.24) is 15.1 Å². The summed E-state index contributed by atoms with van der Waals surface area (Å²) in [5.41, 5.74) is 0. The van der Waals surface area contributed by atoms with Gasteiger partial charge in [0.15, 0.2) is 9.84 Å². The number of amides is 3. The van der Waals surface area contributed by atoms with Gasteiger partial charge in [0.2, 0.25) is 18.2 Å². The molecule has 1 atom stereocenters. The molecule has 0 aromatic heterocycles. The van der Waals surface area contributed by atoms with Crippen LogP contribution >= 0.6 is 0 Å². The van der Waals surface area contributed by atoms with E-state index in [4.69, 9.17) is 0 Å². The number of rotatable bonds is 4. The molecule has 1 N–H and O–H groups in total. The minimum Gasteiger partial charge on any atom is -0.352 e. The summed E-state index contributed by atoms with van der Waals surface area (Å²) in [6.45, 7) is 1.78. The Kier molecular flexibility index (Phi) is 4.81. The van der Waals surface area contributed by atoms with Gasteiger partial charge >= 0.3 is 0 Å². The van der Waals surface area contributed by atoms with Crippen LogP contribution < -0.4 is 5.32 Å². The molecular weight excluding hydrogens is 298 g/mol. The number of carbonyl (C=O) groups is 3. The van der Waals surface area contributed by atoms with Crippen LogP contribution in [0.2, 0.25) is 0 Å². The standard InChI is InChI=1S/C12H19N3O5S/c16-9-14-2-4-15(5-3-14)12(18)7-11(17)13-10-1-6-21(19,20)8-10/h9-10H,1-8H2,(H,13,17). The van der Waals surface area contributed by atoms with E-state index in [-0.39, 0.29) is 29.9 Å². The summed E-state index contributed by atoms with van der Waals surface area (Å²) in [6.07, 6.45) is 0.868. The first-order valence-corrected chi connectivity index (χ1v) is 8.68. The van der Waals surface area contributed by atoms with Crippen LogP contribution in [0.25, 0.3) is 0 Å². The molecule has 1 unspecified atom stereocenters. The van der Waals surface area contributed by atoms with E-state index in [1.807, 2.05) is 0 Å². The molecule has 0 spiro atoms. The number of hydrogen-bond donors (Lipinski definition) is 1. The van der Waals surface area contributed by atoms with E-state index < -0.39 is 15.7 Å². The van der Waals surface area contributed by atoms with E-state index in [1.165, 1.54) is 0 Å². The molecule has 2 saturated heterocycles. The van der Waals surface area contributed by atoms with E-state index >= 15 is 0 Å². The lowest BCUT2D eigenvalue weighted by atomic mass is 10.2. The molecule has 118 valence electrons. The highest BCUT2D eigenvalue weighted by molar-refractivity contribution is 7.91. The molecule has 9 heteroatoms. The van der Waals surface area contributed by atoms with Gasteiger partial charge in [-0.05, 0) is 6.42 Å². The molecule has 0 aliphatic carbocycles. The summed E-state index contributed by atoms with van der Waals surface area (Å²) in [7, 11) is -3.05. The van der Waals surface area contributed by atoms with Crippen LogP contribution in [-0.2, 0) is 24.2 Å². The van der Waals surface area contributed by atoms with Crippen molar-refractivity contribution in [1.29, 1.82) is 0 Å². The predicted octanol–water partition coefficient (Wildman–Crippen LogP) is -2.02. The zero-order valence-corrected chi connectivity index (χ0v) is 12.5. The SMILES string of the molecule is O=CN1CCN(C(=O)CC(=O)NC2CCS(=O)(=O)C2)CC1. The molecule has 3 amide bonds. The van der Waals surface area contributed by atoms with Crippen LogP contribution in [0.15, 0.2) is 0 Å². The van der Waals surface area contributed by atoms with Crippen molar-refractivity contribution in [3.8, 4) is 0 Å².